The first-order chi connectivity index (χ1) is 12.6. The average molecular weight is 351 g/mol. The lowest BCUT2D eigenvalue weighted by molar-refractivity contribution is 0.0600. The van der Waals surface area contributed by atoms with Crippen molar-refractivity contribution in [3.63, 3.8) is 0 Å². The Bertz CT molecular complexity index is 981. The van der Waals surface area contributed by atoms with E-state index in [1.54, 1.807) is 42.6 Å². The molecular weight excluding hydrogens is 334 g/mol. The maximum absolute atomic E-state index is 12.1. The molecular formula is C19H17N3O4. The first-order valence-corrected chi connectivity index (χ1v) is 7.92. The number of ether oxygens (including phenoxy) is 1. The van der Waals surface area contributed by atoms with Crippen LogP contribution in [0.4, 0.5) is 0 Å². The van der Waals surface area contributed by atoms with Gasteiger partial charge in [-0.25, -0.2) is 9.48 Å². The van der Waals surface area contributed by atoms with Crippen molar-refractivity contribution in [3.05, 3.63) is 81.9 Å². The zero-order valence-corrected chi connectivity index (χ0v) is 14.1. The molecule has 0 aliphatic rings. The monoisotopic (exact) mass is 351 g/mol. The second-order valence-electron chi connectivity index (χ2n) is 5.60. The molecule has 0 amide bonds. The summed E-state index contributed by atoms with van der Waals surface area (Å²) in [4.78, 5) is 27.9. The highest BCUT2D eigenvalue weighted by atomic mass is 16.5. The van der Waals surface area contributed by atoms with Crippen molar-refractivity contribution in [2.24, 2.45) is 0 Å². The topological polar surface area (TPSA) is 94.3 Å². The van der Waals surface area contributed by atoms with Crippen LogP contribution in [0, 0.1) is 0 Å². The standard InChI is InChI=1S/C19H17N3O4/c1-26-19(25)14-4-2-3-13(9-14)11-22-18(24)8-7-17(21-22)15-5-6-16(12-23)20-10-15/h2-10,23H,11-12H2,1H3. The van der Waals surface area contributed by atoms with E-state index in [0.717, 1.165) is 11.1 Å². The lowest BCUT2D eigenvalue weighted by Gasteiger charge is -2.08. The first-order valence-electron chi connectivity index (χ1n) is 7.92. The van der Waals surface area contributed by atoms with Gasteiger partial charge in [-0.1, -0.05) is 12.1 Å². The lowest BCUT2D eigenvalue weighted by Crippen LogP contribution is -2.23. The Labute approximate surface area is 149 Å². The van der Waals surface area contributed by atoms with E-state index < -0.39 is 5.97 Å². The molecule has 0 saturated carbocycles. The van der Waals surface area contributed by atoms with Crippen LogP contribution in [-0.4, -0.2) is 33.0 Å². The number of aliphatic hydroxyl groups excluding tert-OH is 1. The molecule has 3 rings (SSSR count). The minimum absolute atomic E-state index is 0.135. The van der Waals surface area contributed by atoms with Crippen molar-refractivity contribution < 1.29 is 14.6 Å². The molecule has 0 fully saturated rings. The number of carbonyl (C=O) groups excluding carboxylic acids is 1. The Morgan fingerprint density at radius 3 is 2.73 bits per heavy atom. The van der Waals surface area contributed by atoms with Crippen molar-refractivity contribution in [3.8, 4) is 11.3 Å². The molecule has 1 aromatic carbocycles. The molecule has 7 heteroatoms. The van der Waals surface area contributed by atoms with Crippen LogP contribution in [0.2, 0.25) is 0 Å². The van der Waals surface area contributed by atoms with E-state index in [9.17, 15) is 9.59 Å². The quantitative estimate of drug-likeness (QED) is 0.702. The number of aromatic nitrogens is 3. The Morgan fingerprint density at radius 1 is 1.19 bits per heavy atom. The summed E-state index contributed by atoms with van der Waals surface area (Å²) in [7, 11) is 1.32. The fourth-order valence-electron chi connectivity index (χ4n) is 2.47. The number of esters is 1. The zero-order valence-electron chi connectivity index (χ0n) is 14.1. The number of rotatable bonds is 5. The fraction of sp³-hybridized carbons (Fsp3) is 0.158. The lowest BCUT2D eigenvalue weighted by atomic mass is 10.1. The maximum atomic E-state index is 12.1. The van der Waals surface area contributed by atoms with Gasteiger partial charge in [0.25, 0.3) is 5.56 Å². The molecule has 132 valence electrons. The Balaban J connectivity index is 1.91. The van der Waals surface area contributed by atoms with Crippen LogP contribution in [0.5, 0.6) is 0 Å². The third-order valence-electron chi connectivity index (χ3n) is 3.83. The molecule has 0 atom stereocenters. The van der Waals surface area contributed by atoms with Gasteiger partial charge in [-0.15, -0.1) is 0 Å². The maximum Gasteiger partial charge on any atom is 0.337 e. The van der Waals surface area contributed by atoms with E-state index in [4.69, 9.17) is 9.84 Å². The molecule has 3 aromatic rings. The van der Waals surface area contributed by atoms with Gasteiger partial charge in [-0.3, -0.25) is 9.78 Å². The number of pyridine rings is 1. The molecule has 0 saturated heterocycles. The van der Waals surface area contributed by atoms with E-state index in [0.29, 0.717) is 17.0 Å². The van der Waals surface area contributed by atoms with Gasteiger partial charge in [0, 0.05) is 17.8 Å². The van der Waals surface area contributed by atoms with E-state index in [1.807, 2.05) is 6.07 Å². The second kappa shape index (κ2) is 7.71. The highest BCUT2D eigenvalue weighted by Gasteiger charge is 2.08. The Kier molecular flexibility index (Phi) is 5.19. The molecule has 0 aliphatic heterocycles. The van der Waals surface area contributed by atoms with Gasteiger partial charge in [0.05, 0.1) is 37.2 Å². The Morgan fingerprint density at radius 2 is 2.04 bits per heavy atom. The average Bonchev–Trinajstić information content (AvgIpc) is 2.69. The van der Waals surface area contributed by atoms with Crippen molar-refractivity contribution in [1.82, 2.24) is 14.8 Å². The van der Waals surface area contributed by atoms with Gasteiger partial charge in [-0.2, -0.15) is 5.10 Å². The van der Waals surface area contributed by atoms with Gasteiger partial charge < -0.3 is 9.84 Å². The largest absolute Gasteiger partial charge is 0.465 e. The van der Waals surface area contributed by atoms with Gasteiger partial charge in [0.15, 0.2) is 0 Å². The summed E-state index contributed by atoms with van der Waals surface area (Å²) in [6.45, 7) is 0.0867. The molecule has 2 heterocycles. The number of nitrogens with zero attached hydrogens (tertiary/aromatic N) is 3. The van der Waals surface area contributed by atoms with E-state index >= 15 is 0 Å². The highest BCUT2D eigenvalue weighted by Crippen LogP contribution is 2.15. The summed E-state index contributed by atoms with van der Waals surface area (Å²) in [6, 6.07) is 13.4. The Hall–Kier alpha value is -3.32. The summed E-state index contributed by atoms with van der Waals surface area (Å²) in [6.07, 6.45) is 1.60. The first kappa shape index (κ1) is 17.5. The summed E-state index contributed by atoms with van der Waals surface area (Å²) in [5, 5.41) is 13.4. The van der Waals surface area contributed by atoms with Crippen molar-refractivity contribution in [2.75, 3.05) is 7.11 Å². The van der Waals surface area contributed by atoms with E-state index in [-0.39, 0.29) is 18.7 Å². The molecule has 0 aliphatic carbocycles. The number of methoxy groups -OCH3 is 1. The minimum atomic E-state index is -0.434. The molecule has 2 aromatic heterocycles. The van der Waals surface area contributed by atoms with Crippen molar-refractivity contribution >= 4 is 5.97 Å². The van der Waals surface area contributed by atoms with Crippen LogP contribution in [0.3, 0.4) is 0 Å². The SMILES string of the molecule is COC(=O)c1cccc(Cn2nc(-c3ccc(CO)nc3)ccc2=O)c1. The number of aliphatic hydroxyl groups is 1. The predicted octanol–water partition coefficient (Wildman–Crippen LogP) is 1.63. The van der Waals surface area contributed by atoms with Gasteiger partial charge >= 0.3 is 5.97 Å². The smallest absolute Gasteiger partial charge is 0.337 e. The molecule has 0 spiro atoms. The van der Waals surface area contributed by atoms with E-state index in [1.165, 1.54) is 17.9 Å². The normalized spacial score (nSPS) is 10.5. The molecule has 26 heavy (non-hydrogen) atoms. The van der Waals surface area contributed by atoms with E-state index in [2.05, 4.69) is 10.1 Å². The van der Waals surface area contributed by atoms with Gasteiger partial charge in [0.1, 0.15) is 0 Å². The third kappa shape index (κ3) is 3.84. The summed E-state index contributed by atoms with van der Waals surface area (Å²) in [5.41, 5.74) is 2.80. The molecule has 0 unspecified atom stereocenters. The number of benzene rings is 1. The van der Waals surface area contributed by atoms with Crippen LogP contribution < -0.4 is 5.56 Å². The van der Waals surface area contributed by atoms with Crippen LogP contribution in [0.1, 0.15) is 21.6 Å². The molecule has 0 bridgehead atoms. The third-order valence-corrected chi connectivity index (χ3v) is 3.83. The van der Waals surface area contributed by atoms with Crippen LogP contribution in [-0.2, 0) is 17.9 Å². The molecule has 7 nitrogen and oxygen atoms in total. The summed E-state index contributed by atoms with van der Waals surface area (Å²) in [5.74, 6) is -0.434. The number of carbonyl (C=O) groups is 1. The van der Waals surface area contributed by atoms with Crippen molar-refractivity contribution in [1.29, 1.82) is 0 Å². The zero-order chi connectivity index (χ0) is 18.5. The summed E-state index contributed by atoms with van der Waals surface area (Å²) >= 11 is 0. The fourth-order valence-corrected chi connectivity index (χ4v) is 2.47. The predicted molar refractivity (Wildman–Crippen MR) is 94.5 cm³/mol. The number of hydrogen-bond acceptors (Lipinski definition) is 6. The van der Waals surface area contributed by atoms with Crippen LogP contribution >= 0.6 is 0 Å². The summed E-state index contributed by atoms with van der Waals surface area (Å²) < 4.78 is 6.04. The molecule has 1 N–H and O–H groups in total. The highest BCUT2D eigenvalue weighted by molar-refractivity contribution is 5.89. The minimum Gasteiger partial charge on any atom is -0.465 e. The second-order valence-corrected chi connectivity index (χ2v) is 5.60. The molecule has 0 radical (unpaired) electrons. The van der Waals surface area contributed by atoms with Gasteiger partial charge in [0.2, 0.25) is 0 Å². The van der Waals surface area contributed by atoms with Crippen molar-refractivity contribution in [2.45, 2.75) is 13.2 Å². The van der Waals surface area contributed by atoms with Crippen LogP contribution in [0.15, 0.2) is 59.5 Å². The van der Waals surface area contributed by atoms with Crippen LogP contribution in [0.25, 0.3) is 11.3 Å². The number of hydrogen-bond donors (Lipinski definition) is 1. The van der Waals surface area contributed by atoms with Gasteiger partial charge in [-0.05, 0) is 35.9 Å².